The fraction of sp³-hybridized carbons (Fsp3) is 0.533. The van der Waals surface area contributed by atoms with Crippen LogP contribution in [0.3, 0.4) is 0 Å². The molecule has 1 atom stereocenters. The number of aliphatic hydroxyl groups excluding tert-OH is 1. The van der Waals surface area contributed by atoms with Crippen LogP contribution in [0.1, 0.15) is 29.8 Å². The van der Waals surface area contributed by atoms with E-state index in [0.29, 0.717) is 25.2 Å². The Morgan fingerprint density at radius 1 is 1.52 bits per heavy atom. The molecule has 116 valence electrons. The molecule has 1 aliphatic heterocycles. The third kappa shape index (κ3) is 4.00. The molecule has 2 rings (SSSR count). The Hall–Kier alpha value is -1.50. The largest absolute Gasteiger partial charge is 0.478 e. The highest BCUT2D eigenvalue weighted by atomic mass is 19.1. The van der Waals surface area contributed by atoms with E-state index in [2.05, 4.69) is 4.90 Å². The van der Waals surface area contributed by atoms with Gasteiger partial charge >= 0.3 is 5.97 Å². The van der Waals surface area contributed by atoms with Gasteiger partial charge in [-0.05, 0) is 31.5 Å². The minimum atomic E-state index is -1.27. The van der Waals surface area contributed by atoms with Gasteiger partial charge in [0.2, 0.25) is 0 Å². The van der Waals surface area contributed by atoms with Crippen LogP contribution in [0.2, 0.25) is 0 Å². The lowest BCUT2D eigenvalue weighted by Crippen LogP contribution is -2.53. The number of halogens is 1. The summed E-state index contributed by atoms with van der Waals surface area (Å²) in [6, 6.07) is 4.14. The highest BCUT2D eigenvalue weighted by Gasteiger charge is 2.32. The third-order valence-electron chi connectivity index (χ3n) is 3.43. The molecule has 1 saturated heterocycles. The number of benzene rings is 1. The standard InChI is InChI=1S/C15H20FNO4/c1-15(2)9-17(7-11(8-18)21-15)6-10-3-4-12(14(19)20)13(16)5-10/h3-5,11,18H,6-9H2,1-2H3,(H,19,20). The lowest BCUT2D eigenvalue weighted by atomic mass is 10.0. The maximum Gasteiger partial charge on any atom is 0.338 e. The Labute approximate surface area is 122 Å². The second-order valence-corrected chi connectivity index (χ2v) is 5.97. The van der Waals surface area contributed by atoms with Crippen molar-refractivity contribution in [2.24, 2.45) is 0 Å². The highest BCUT2D eigenvalue weighted by Crippen LogP contribution is 2.23. The van der Waals surface area contributed by atoms with Gasteiger partial charge in [0.05, 0.1) is 23.9 Å². The molecule has 0 bridgehead atoms. The van der Waals surface area contributed by atoms with Gasteiger partial charge < -0.3 is 14.9 Å². The van der Waals surface area contributed by atoms with Crippen LogP contribution in [0.5, 0.6) is 0 Å². The monoisotopic (exact) mass is 297 g/mol. The third-order valence-corrected chi connectivity index (χ3v) is 3.43. The summed E-state index contributed by atoms with van der Waals surface area (Å²) in [4.78, 5) is 12.9. The Morgan fingerprint density at radius 2 is 2.24 bits per heavy atom. The zero-order chi connectivity index (χ0) is 15.6. The van der Waals surface area contributed by atoms with Crippen molar-refractivity contribution >= 4 is 5.97 Å². The van der Waals surface area contributed by atoms with Crippen LogP contribution >= 0.6 is 0 Å². The summed E-state index contributed by atoms with van der Waals surface area (Å²) in [5.74, 6) is -2.00. The molecule has 1 unspecified atom stereocenters. The van der Waals surface area contributed by atoms with Crippen molar-refractivity contribution in [3.8, 4) is 0 Å². The smallest absolute Gasteiger partial charge is 0.338 e. The lowest BCUT2D eigenvalue weighted by molar-refractivity contribution is -0.150. The van der Waals surface area contributed by atoms with Crippen LogP contribution in [-0.4, -0.2) is 52.5 Å². The molecule has 1 aromatic rings. The molecule has 1 aliphatic rings. The molecule has 6 heteroatoms. The number of hydrogen-bond donors (Lipinski definition) is 2. The van der Waals surface area contributed by atoms with E-state index in [-0.39, 0.29) is 23.9 Å². The molecule has 21 heavy (non-hydrogen) atoms. The summed E-state index contributed by atoms with van der Waals surface area (Å²) in [6.07, 6.45) is -0.267. The molecule has 0 aliphatic carbocycles. The summed E-state index contributed by atoms with van der Waals surface area (Å²) >= 11 is 0. The lowest BCUT2D eigenvalue weighted by Gasteiger charge is -2.42. The average Bonchev–Trinajstić information content (AvgIpc) is 2.36. The molecule has 0 radical (unpaired) electrons. The van der Waals surface area contributed by atoms with Gasteiger partial charge in [-0.1, -0.05) is 6.07 Å². The van der Waals surface area contributed by atoms with Crippen LogP contribution in [0.15, 0.2) is 18.2 Å². The number of morpholine rings is 1. The van der Waals surface area contributed by atoms with Crippen LogP contribution in [-0.2, 0) is 11.3 Å². The van der Waals surface area contributed by atoms with Crippen molar-refractivity contribution in [3.63, 3.8) is 0 Å². The number of hydrogen-bond acceptors (Lipinski definition) is 4. The molecule has 0 aromatic heterocycles. The first kappa shape index (κ1) is 15.9. The van der Waals surface area contributed by atoms with Crippen molar-refractivity contribution in [1.29, 1.82) is 0 Å². The van der Waals surface area contributed by atoms with Gasteiger partial charge in [-0.3, -0.25) is 4.90 Å². The number of carboxylic acids is 1. The molecule has 5 nitrogen and oxygen atoms in total. The zero-order valence-corrected chi connectivity index (χ0v) is 12.2. The van der Waals surface area contributed by atoms with E-state index in [4.69, 9.17) is 9.84 Å². The number of aromatic carboxylic acids is 1. The number of carboxylic acid groups (broad SMARTS) is 1. The van der Waals surface area contributed by atoms with Crippen molar-refractivity contribution in [2.75, 3.05) is 19.7 Å². The molecular weight excluding hydrogens is 277 g/mol. The van der Waals surface area contributed by atoms with Crippen molar-refractivity contribution in [2.45, 2.75) is 32.1 Å². The van der Waals surface area contributed by atoms with Gasteiger partial charge in [-0.2, -0.15) is 0 Å². The number of nitrogens with zero attached hydrogens (tertiary/aromatic N) is 1. The Bertz CT molecular complexity index is 532. The van der Waals surface area contributed by atoms with Gasteiger partial charge in [0.15, 0.2) is 0 Å². The maximum atomic E-state index is 13.7. The Kier molecular flexibility index (Phi) is 4.61. The van der Waals surface area contributed by atoms with E-state index < -0.39 is 11.8 Å². The molecule has 0 spiro atoms. The van der Waals surface area contributed by atoms with Gasteiger partial charge in [-0.25, -0.2) is 9.18 Å². The highest BCUT2D eigenvalue weighted by molar-refractivity contribution is 5.87. The molecule has 1 fully saturated rings. The summed E-state index contributed by atoms with van der Waals surface area (Å²) in [5, 5.41) is 18.1. The summed E-state index contributed by atoms with van der Waals surface area (Å²) in [7, 11) is 0. The van der Waals surface area contributed by atoms with E-state index >= 15 is 0 Å². The molecule has 2 N–H and O–H groups in total. The fourth-order valence-electron chi connectivity index (χ4n) is 2.72. The summed E-state index contributed by atoms with van der Waals surface area (Å²) in [5.41, 5.74) is -0.00764. The van der Waals surface area contributed by atoms with Crippen LogP contribution in [0, 0.1) is 5.82 Å². The van der Waals surface area contributed by atoms with Crippen molar-refractivity contribution in [1.82, 2.24) is 4.90 Å². The minimum Gasteiger partial charge on any atom is -0.478 e. The van der Waals surface area contributed by atoms with Crippen LogP contribution < -0.4 is 0 Å². The number of rotatable bonds is 4. The first-order valence-corrected chi connectivity index (χ1v) is 6.83. The number of ether oxygens (including phenoxy) is 1. The number of carbonyl (C=O) groups is 1. The van der Waals surface area contributed by atoms with Gasteiger partial charge in [0.25, 0.3) is 0 Å². The minimum absolute atomic E-state index is 0.0633. The first-order chi connectivity index (χ1) is 9.80. The van der Waals surface area contributed by atoms with Gasteiger partial charge in [0.1, 0.15) is 5.82 Å². The Balaban J connectivity index is 2.10. The van der Waals surface area contributed by atoms with E-state index in [1.807, 2.05) is 13.8 Å². The maximum absolute atomic E-state index is 13.7. The van der Waals surface area contributed by atoms with E-state index in [9.17, 15) is 14.3 Å². The normalized spacial score (nSPS) is 22.2. The predicted molar refractivity (Wildman–Crippen MR) is 74.7 cm³/mol. The van der Waals surface area contributed by atoms with Crippen LogP contribution in [0.25, 0.3) is 0 Å². The predicted octanol–water partition coefficient (Wildman–Crippen LogP) is 1.50. The van der Waals surface area contributed by atoms with E-state index in [1.165, 1.54) is 12.1 Å². The molecule has 0 saturated carbocycles. The topological polar surface area (TPSA) is 70.0 Å². The average molecular weight is 297 g/mol. The second kappa shape index (κ2) is 6.09. The molecular formula is C15H20FNO4. The van der Waals surface area contributed by atoms with Crippen molar-refractivity contribution < 1.29 is 24.1 Å². The Morgan fingerprint density at radius 3 is 2.81 bits per heavy atom. The van der Waals surface area contributed by atoms with Gasteiger partial charge in [-0.15, -0.1) is 0 Å². The van der Waals surface area contributed by atoms with E-state index in [1.54, 1.807) is 6.07 Å². The molecule has 0 amide bonds. The quantitative estimate of drug-likeness (QED) is 0.881. The van der Waals surface area contributed by atoms with Crippen molar-refractivity contribution in [3.05, 3.63) is 35.1 Å². The SMILES string of the molecule is CC1(C)CN(Cc2ccc(C(=O)O)c(F)c2)CC(CO)O1. The van der Waals surface area contributed by atoms with E-state index in [0.717, 1.165) is 0 Å². The zero-order valence-electron chi connectivity index (χ0n) is 12.2. The second-order valence-electron chi connectivity index (χ2n) is 5.97. The fourth-order valence-corrected chi connectivity index (χ4v) is 2.72. The summed E-state index contributed by atoms with van der Waals surface area (Å²) < 4.78 is 19.4. The summed E-state index contributed by atoms with van der Waals surface area (Å²) in [6.45, 7) is 5.52. The number of aliphatic hydroxyl groups is 1. The van der Waals surface area contributed by atoms with Gasteiger partial charge in [0, 0.05) is 19.6 Å². The van der Waals surface area contributed by atoms with Crippen LogP contribution in [0.4, 0.5) is 4.39 Å². The first-order valence-electron chi connectivity index (χ1n) is 6.83. The molecule has 1 heterocycles. The molecule has 1 aromatic carbocycles.